The second-order valence-electron chi connectivity index (χ2n) is 9.47. The van der Waals surface area contributed by atoms with Crippen molar-refractivity contribution >= 4 is 35.2 Å². The van der Waals surface area contributed by atoms with Gasteiger partial charge in [-0.05, 0) is 29.5 Å². The van der Waals surface area contributed by atoms with Crippen LogP contribution in [0.4, 0.5) is 16.2 Å². The van der Waals surface area contributed by atoms with Gasteiger partial charge in [-0.2, -0.15) is 0 Å². The molecule has 4 N–H and O–H groups in total. The van der Waals surface area contributed by atoms with E-state index in [0.29, 0.717) is 17.8 Å². The maximum absolute atomic E-state index is 13.6. The molecule has 0 aliphatic carbocycles. The number of aliphatic carboxylic acids is 1. The standard InChI is InChI=1S/C27H34N4O5/c1-5-17(4)22(24(32)29-20(26(34)35)15-18-11-7-6-8-12-18)30-27(36)31-21-14-10-9-13-19(21)28-25(33)23(31)16(2)3/h6-14,16-17,20,22-23H,5,15H2,1-4H3,(H,28,33)(H,29,32)(H,30,36)(H,34,35)/t17-,20+,22-,23+/m1/s1. The highest BCUT2D eigenvalue weighted by Gasteiger charge is 2.40. The molecule has 0 fully saturated rings. The van der Waals surface area contributed by atoms with Gasteiger partial charge in [0.05, 0.1) is 11.4 Å². The molecular formula is C27H34N4O5. The van der Waals surface area contributed by atoms with Gasteiger partial charge in [-0.15, -0.1) is 0 Å². The summed E-state index contributed by atoms with van der Waals surface area (Å²) in [5.74, 6) is -2.54. The molecule has 0 radical (unpaired) electrons. The second-order valence-corrected chi connectivity index (χ2v) is 9.47. The number of carbonyl (C=O) groups is 4. The Bertz CT molecular complexity index is 1100. The number of carboxylic acid groups (broad SMARTS) is 1. The van der Waals surface area contributed by atoms with Crippen molar-refractivity contribution in [3.05, 3.63) is 60.2 Å². The average Bonchev–Trinajstić information content (AvgIpc) is 2.85. The first-order valence-corrected chi connectivity index (χ1v) is 12.2. The molecule has 0 saturated carbocycles. The Morgan fingerprint density at radius 1 is 1.00 bits per heavy atom. The predicted octanol–water partition coefficient (Wildman–Crippen LogP) is 3.41. The number of nitrogens with zero attached hydrogens (tertiary/aromatic N) is 1. The molecule has 0 aromatic heterocycles. The first-order chi connectivity index (χ1) is 17.1. The minimum absolute atomic E-state index is 0.109. The first-order valence-electron chi connectivity index (χ1n) is 12.2. The van der Waals surface area contributed by atoms with E-state index in [1.807, 2.05) is 33.8 Å². The SMILES string of the molecule is CC[C@@H](C)[C@@H](NC(=O)N1c2ccccc2NC(=O)[C@@H]1C(C)C)C(=O)N[C@@H](Cc1ccccc1)C(=O)O. The Labute approximate surface area is 211 Å². The lowest BCUT2D eigenvalue weighted by molar-refractivity contribution is -0.142. The molecule has 3 rings (SSSR count). The van der Waals surface area contributed by atoms with Crippen molar-refractivity contribution in [3.63, 3.8) is 0 Å². The van der Waals surface area contributed by atoms with E-state index in [1.54, 1.807) is 48.5 Å². The molecule has 4 amide bonds. The fraction of sp³-hybridized carbons (Fsp3) is 0.407. The van der Waals surface area contributed by atoms with Crippen molar-refractivity contribution in [2.45, 2.75) is 58.7 Å². The van der Waals surface area contributed by atoms with E-state index >= 15 is 0 Å². The number of hydrogen-bond donors (Lipinski definition) is 4. The number of para-hydroxylation sites is 2. The highest BCUT2D eigenvalue weighted by molar-refractivity contribution is 6.12. The van der Waals surface area contributed by atoms with Crippen LogP contribution in [0.25, 0.3) is 0 Å². The summed E-state index contributed by atoms with van der Waals surface area (Å²) in [4.78, 5) is 53.0. The van der Waals surface area contributed by atoms with Crippen molar-refractivity contribution in [2.75, 3.05) is 10.2 Å². The van der Waals surface area contributed by atoms with Gasteiger partial charge in [-0.25, -0.2) is 9.59 Å². The quantitative estimate of drug-likeness (QED) is 0.425. The van der Waals surface area contributed by atoms with Crippen LogP contribution in [0, 0.1) is 11.8 Å². The van der Waals surface area contributed by atoms with E-state index in [4.69, 9.17) is 0 Å². The molecule has 0 saturated heterocycles. The van der Waals surface area contributed by atoms with E-state index in [1.165, 1.54) is 4.90 Å². The average molecular weight is 495 g/mol. The number of rotatable bonds is 9. The predicted molar refractivity (Wildman–Crippen MR) is 138 cm³/mol. The van der Waals surface area contributed by atoms with Crippen molar-refractivity contribution < 1.29 is 24.3 Å². The van der Waals surface area contributed by atoms with E-state index in [2.05, 4.69) is 16.0 Å². The fourth-order valence-electron chi connectivity index (χ4n) is 4.32. The summed E-state index contributed by atoms with van der Waals surface area (Å²) in [5, 5.41) is 18.0. The molecule has 2 aromatic carbocycles. The van der Waals surface area contributed by atoms with Gasteiger partial charge >= 0.3 is 12.0 Å². The van der Waals surface area contributed by atoms with Gasteiger partial charge in [-0.3, -0.25) is 14.5 Å². The number of benzene rings is 2. The van der Waals surface area contributed by atoms with Crippen LogP contribution >= 0.6 is 0 Å². The van der Waals surface area contributed by atoms with Gasteiger partial charge in [0.15, 0.2) is 0 Å². The summed E-state index contributed by atoms with van der Waals surface area (Å²) in [6.45, 7) is 7.39. The molecule has 2 aromatic rings. The summed E-state index contributed by atoms with van der Waals surface area (Å²) >= 11 is 0. The zero-order valence-electron chi connectivity index (χ0n) is 21.0. The van der Waals surface area contributed by atoms with Gasteiger partial charge in [0, 0.05) is 6.42 Å². The molecule has 9 heteroatoms. The Morgan fingerprint density at radius 3 is 2.25 bits per heavy atom. The highest BCUT2D eigenvalue weighted by atomic mass is 16.4. The monoisotopic (exact) mass is 494 g/mol. The van der Waals surface area contributed by atoms with Gasteiger partial charge in [0.1, 0.15) is 18.1 Å². The van der Waals surface area contributed by atoms with Crippen molar-refractivity contribution in [3.8, 4) is 0 Å². The molecule has 9 nitrogen and oxygen atoms in total. The third-order valence-electron chi connectivity index (χ3n) is 6.49. The summed E-state index contributed by atoms with van der Waals surface area (Å²) in [5.41, 5.74) is 1.81. The largest absolute Gasteiger partial charge is 0.480 e. The van der Waals surface area contributed by atoms with Crippen molar-refractivity contribution in [2.24, 2.45) is 11.8 Å². The van der Waals surface area contributed by atoms with E-state index in [9.17, 15) is 24.3 Å². The normalized spacial score (nSPS) is 17.4. The Hall–Kier alpha value is -3.88. The molecule has 0 spiro atoms. The molecule has 1 aliphatic heterocycles. The smallest absolute Gasteiger partial charge is 0.326 e. The van der Waals surface area contributed by atoms with Crippen molar-refractivity contribution in [1.29, 1.82) is 0 Å². The third kappa shape index (κ3) is 6.02. The van der Waals surface area contributed by atoms with Crippen LogP contribution in [0.1, 0.15) is 39.7 Å². The Kier molecular flexibility index (Phi) is 8.68. The van der Waals surface area contributed by atoms with Crippen LogP contribution in [0.5, 0.6) is 0 Å². The number of anilines is 2. The Morgan fingerprint density at radius 2 is 1.64 bits per heavy atom. The van der Waals surface area contributed by atoms with Crippen LogP contribution in [0.3, 0.4) is 0 Å². The van der Waals surface area contributed by atoms with Gasteiger partial charge in [0.2, 0.25) is 11.8 Å². The zero-order valence-corrected chi connectivity index (χ0v) is 21.0. The molecule has 1 heterocycles. The maximum atomic E-state index is 13.6. The van der Waals surface area contributed by atoms with E-state index in [-0.39, 0.29) is 24.2 Å². The molecular weight excluding hydrogens is 460 g/mol. The minimum Gasteiger partial charge on any atom is -0.480 e. The molecule has 4 atom stereocenters. The highest BCUT2D eigenvalue weighted by Crippen LogP contribution is 2.34. The van der Waals surface area contributed by atoms with Crippen LogP contribution in [-0.4, -0.2) is 47.0 Å². The number of amides is 4. The lowest BCUT2D eigenvalue weighted by Crippen LogP contribution is -2.61. The number of carboxylic acids is 1. The zero-order chi connectivity index (χ0) is 26.4. The van der Waals surface area contributed by atoms with Gasteiger partial charge in [-0.1, -0.05) is 76.6 Å². The first kappa shape index (κ1) is 26.7. The number of urea groups is 1. The van der Waals surface area contributed by atoms with Crippen molar-refractivity contribution in [1.82, 2.24) is 10.6 Å². The molecule has 36 heavy (non-hydrogen) atoms. The van der Waals surface area contributed by atoms with Gasteiger partial charge in [0.25, 0.3) is 0 Å². The lowest BCUT2D eigenvalue weighted by Gasteiger charge is -2.39. The second kappa shape index (κ2) is 11.7. The number of carbonyl (C=O) groups excluding carboxylic acids is 3. The number of hydrogen-bond acceptors (Lipinski definition) is 4. The summed E-state index contributed by atoms with van der Waals surface area (Å²) < 4.78 is 0. The van der Waals surface area contributed by atoms with E-state index < -0.39 is 36.0 Å². The van der Waals surface area contributed by atoms with Gasteiger partial charge < -0.3 is 21.1 Å². The number of nitrogens with one attached hydrogen (secondary N) is 3. The summed E-state index contributed by atoms with van der Waals surface area (Å²) in [7, 11) is 0. The van der Waals surface area contributed by atoms with Crippen LogP contribution < -0.4 is 20.9 Å². The number of fused-ring (bicyclic) bond motifs is 1. The fourth-order valence-corrected chi connectivity index (χ4v) is 4.32. The molecule has 0 bridgehead atoms. The van der Waals surface area contributed by atoms with E-state index in [0.717, 1.165) is 5.56 Å². The summed E-state index contributed by atoms with van der Waals surface area (Å²) in [6.07, 6.45) is 0.678. The molecule has 0 unspecified atom stereocenters. The molecule has 192 valence electrons. The third-order valence-corrected chi connectivity index (χ3v) is 6.49. The van der Waals surface area contributed by atoms with Crippen LogP contribution in [-0.2, 0) is 20.8 Å². The lowest BCUT2D eigenvalue weighted by atomic mass is 9.96. The van der Waals surface area contributed by atoms with Crippen LogP contribution in [0.2, 0.25) is 0 Å². The topological polar surface area (TPSA) is 128 Å². The molecule has 1 aliphatic rings. The minimum atomic E-state index is -1.16. The maximum Gasteiger partial charge on any atom is 0.326 e. The summed E-state index contributed by atoms with van der Waals surface area (Å²) in [6, 6.07) is 12.5. The Balaban J connectivity index is 1.85. The van der Waals surface area contributed by atoms with Crippen LogP contribution in [0.15, 0.2) is 54.6 Å².